The van der Waals surface area contributed by atoms with Crippen molar-refractivity contribution < 1.29 is 9.90 Å². The Hall–Kier alpha value is -2.70. The minimum absolute atomic E-state index is 0.172. The molecule has 1 atom stereocenters. The second kappa shape index (κ2) is 8.12. The Labute approximate surface area is 164 Å². The van der Waals surface area contributed by atoms with Crippen molar-refractivity contribution in [3.8, 4) is 0 Å². The molecule has 1 saturated heterocycles. The zero-order valence-corrected chi connectivity index (χ0v) is 16.1. The molecule has 1 aliphatic heterocycles. The number of aliphatic hydroxyl groups excluding tert-OH is 1. The van der Waals surface area contributed by atoms with Crippen molar-refractivity contribution in [2.24, 2.45) is 7.05 Å². The van der Waals surface area contributed by atoms with Crippen molar-refractivity contribution in [2.75, 3.05) is 25.0 Å². The molecule has 1 fully saturated rings. The van der Waals surface area contributed by atoms with Crippen LogP contribution in [0.15, 0.2) is 48.8 Å². The average Bonchev–Trinajstić information content (AvgIpc) is 3.09. The van der Waals surface area contributed by atoms with Gasteiger partial charge in [0.25, 0.3) is 5.91 Å². The number of anilines is 1. The SMILES string of the molecule is Cn1cnc2cc(C(=O)Nc3ccc(C(O)CN4CCCCC4)cc3)ccc21. The molecule has 0 radical (unpaired) electrons. The van der Waals surface area contributed by atoms with Gasteiger partial charge in [-0.3, -0.25) is 4.79 Å². The highest BCUT2D eigenvalue weighted by Crippen LogP contribution is 2.20. The molecule has 1 amide bonds. The monoisotopic (exact) mass is 378 g/mol. The van der Waals surface area contributed by atoms with E-state index in [2.05, 4.69) is 15.2 Å². The summed E-state index contributed by atoms with van der Waals surface area (Å²) >= 11 is 0. The molecular formula is C22H26N4O2. The molecule has 1 unspecified atom stereocenters. The predicted molar refractivity (Wildman–Crippen MR) is 110 cm³/mol. The van der Waals surface area contributed by atoms with Gasteiger partial charge in [0.05, 0.1) is 23.5 Å². The predicted octanol–water partition coefficient (Wildman–Crippen LogP) is 3.34. The summed E-state index contributed by atoms with van der Waals surface area (Å²) in [5.74, 6) is -0.172. The first-order chi connectivity index (χ1) is 13.6. The van der Waals surface area contributed by atoms with E-state index in [1.807, 2.05) is 41.9 Å². The molecule has 0 bridgehead atoms. The van der Waals surface area contributed by atoms with Gasteiger partial charge in [-0.2, -0.15) is 0 Å². The first kappa shape index (κ1) is 18.7. The second-order valence-electron chi connectivity index (χ2n) is 7.51. The summed E-state index contributed by atoms with van der Waals surface area (Å²) in [5, 5.41) is 13.4. The molecule has 6 heteroatoms. The fourth-order valence-electron chi connectivity index (χ4n) is 3.76. The van der Waals surface area contributed by atoms with Gasteiger partial charge in [0.15, 0.2) is 0 Å². The summed E-state index contributed by atoms with van der Waals surface area (Å²) in [5.41, 5.74) is 3.94. The maximum absolute atomic E-state index is 12.5. The number of nitrogens with one attached hydrogen (secondary N) is 1. The van der Waals surface area contributed by atoms with E-state index in [0.29, 0.717) is 17.8 Å². The number of fused-ring (bicyclic) bond motifs is 1. The fraction of sp³-hybridized carbons (Fsp3) is 0.364. The average molecular weight is 378 g/mol. The number of piperidine rings is 1. The molecule has 2 aromatic carbocycles. The molecule has 3 aromatic rings. The van der Waals surface area contributed by atoms with Crippen molar-refractivity contribution in [1.82, 2.24) is 14.5 Å². The van der Waals surface area contributed by atoms with E-state index in [1.165, 1.54) is 19.3 Å². The van der Waals surface area contributed by atoms with E-state index in [-0.39, 0.29) is 5.91 Å². The lowest BCUT2D eigenvalue weighted by Gasteiger charge is -2.28. The number of amides is 1. The third-order valence-electron chi connectivity index (χ3n) is 5.42. The number of carbonyl (C=O) groups excluding carboxylic acids is 1. The van der Waals surface area contributed by atoms with Crippen LogP contribution in [0.3, 0.4) is 0 Å². The van der Waals surface area contributed by atoms with Crippen LogP contribution in [-0.2, 0) is 7.05 Å². The molecule has 0 aliphatic carbocycles. The van der Waals surface area contributed by atoms with Crippen molar-refractivity contribution in [3.63, 3.8) is 0 Å². The molecule has 2 N–H and O–H groups in total. The largest absolute Gasteiger partial charge is 0.387 e. The molecule has 6 nitrogen and oxygen atoms in total. The summed E-state index contributed by atoms with van der Waals surface area (Å²) in [6, 6.07) is 12.9. The van der Waals surface area contributed by atoms with Gasteiger partial charge in [-0.05, 0) is 61.8 Å². The number of nitrogens with zero attached hydrogens (tertiary/aromatic N) is 3. The Morgan fingerprint density at radius 1 is 1.14 bits per heavy atom. The molecule has 4 rings (SSSR count). The van der Waals surface area contributed by atoms with Gasteiger partial charge in [-0.25, -0.2) is 4.98 Å². The van der Waals surface area contributed by atoms with Crippen molar-refractivity contribution in [3.05, 3.63) is 59.9 Å². The first-order valence-corrected chi connectivity index (χ1v) is 9.83. The maximum atomic E-state index is 12.5. The van der Waals surface area contributed by atoms with Gasteiger partial charge in [-0.15, -0.1) is 0 Å². The van der Waals surface area contributed by atoms with E-state index in [1.54, 1.807) is 18.5 Å². The molecule has 28 heavy (non-hydrogen) atoms. The highest BCUT2D eigenvalue weighted by molar-refractivity contribution is 6.05. The molecule has 0 saturated carbocycles. The molecule has 1 aromatic heterocycles. The number of rotatable bonds is 5. The fourth-order valence-corrected chi connectivity index (χ4v) is 3.76. The topological polar surface area (TPSA) is 70.4 Å². The van der Waals surface area contributed by atoms with E-state index in [9.17, 15) is 9.90 Å². The number of hydrogen-bond donors (Lipinski definition) is 2. The van der Waals surface area contributed by atoms with E-state index in [0.717, 1.165) is 29.7 Å². The molecule has 2 heterocycles. The highest BCUT2D eigenvalue weighted by atomic mass is 16.3. The number of likely N-dealkylation sites (tertiary alicyclic amines) is 1. The minimum atomic E-state index is -0.505. The van der Waals surface area contributed by atoms with Crippen LogP contribution in [0.2, 0.25) is 0 Å². The summed E-state index contributed by atoms with van der Waals surface area (Å²) < 4.78 is 1.92. The van der Waals surface area contributed by atoms with Crippen molar-refractivity contribution in [1.29, 1.82) is 0 Å². The van der Waals surface area contributed by atoms with Gasteiger partial charge in [0, 0.05) is 24.8 Å². The van der Waals surface area contributed by atoms with Crippen LogP contribution in [0.5, 0.6) is 0 Å². The van der Waals surface area contributed by atoms with Crippen LogP contribution in [0.4, 0.5) is 5.69 Å². The van der Waals surface area contributed by atoms with Crippen molar-refractivity contribution >= 4 is 22.6 Å². The second-order valence-corrected chi connectivity index (χ2v) is 7.51. The summed E-state index contributed by atoms with van der Waals surface area (Å²) in [4.78, 5) is 19.2. The first-order valence-electron chi connectivity index (χ1n) is 9.83. The van der Waals surface area contributed by atoms with Crippen LogP contribution < -0.4 is 5.32 Å². The lowest BCUT2D eigenvalue weighted by atomic mass is 10.1. The smallest absolute Gasteiger partial charge is 0.255 e. The van der Waals surface area contributed by atoms with Crippen molar-refractivity contribution in [2.45, 2.75) is 25.4 Å². The summed E-state index contributed by atoms with van der Waals surface area (Å²) in [6.07, 6.45) is 4.94. The lowest BCUT2D eigenvalue weighted by molar-refractivity contribution is 0.101. The summed E-state index contributed by atoms with van der Waals surface area (Å²) in [7, 11) is 1.93. The number of imidazole rings is 1. The van der Waals surface area contributed by atoms with Crippen LogP contribution >= 0.6 is 0 Å². The number of hydrogen-bond acceptors (Lipinski definition) is 4. The van der Waals surface area contributed by atoms with Crippen LogP contribution in [0, 0.1) is 0 Å². The quantitative estimate of drug-likeness (QED) is 0.714. The third kappa shape index (κ3) is 4.08. The zero-order valence-electron chi connectivity index (χ0n) is 16.1. The highest BCUT2D eigenvalue weighted by Gasteiger charge is 2.16. The number of carbonyl (C=O) groups is 1. The van der Waals surface area contributed by atoms with Crippen LogP contribution in [0.25, 0.3) is 11.0 Å². The normalized spacial score (nSPS) is 16.2. The standard InChI is InChI=1S/C22H26N4O2/c1-25-15-23-19-13-17(7-10-20(19)25)22(28)24-18-8-5-16(6-9-18)21(27)14-26-11-3-2-4-12-26/h5-10,13,15,21,27H,2-4,11-12,14H2,1H3,(H,24,28). The van der Waals surface area contributed by atoms with Gasteiger partial charge in [-0.1, -0.05) is 18.6 Å². The van der Waals surface area contributed by atoms with E-state index < -0.39 is 6.10 Å². The number of benzene rings is 2. The number of aliphatic hydroxyl groups is 1. The molecule has 146 valence electrons. The third-order valence-corrected chi connectivity index (χ3v) is 5.42. The van der Waals surface area contributed by atoms with Gasteiger partial charge in [0.2, 0.25) is 0 Å². The number of aromatic nitrogens is 2. The Morgan fingerprint density at radius 3 is 2.64 bits per heavy atom. The van der Waals surface area contributed by atoms with Crippen LogP contribution in [0.1, 0.15) is 41.3 Å². The molecule has 0 spiro atoms. The Morgan fingerprint density at radius 2 is 1.89 bits per heavy atom. The summed E-state index contributed by atoms with van der Waals surface area (Å²) in [6.45, 7) is 2.79. The van der Waals surface area contributed by atoms with Crippen LogP contribution in [-0.4, -0.2) is 45.1 Å². The van der Waals surface area contributed by atoms with Gasteiger partial charge < -0.3 is 19.9 Å². The maximum Gasteiger partial charge on any atom is 0.255 e. The van der Waals surface area contributed by atoms with Gasteiger partial charge in [0.1, 0.15) is 0 Å². The van der Waals surface area contributed by atoms with E-state index >= 15 is 0 Å². The Balaban J connectivity index is 1.39. The van der Waals surface area contributed by atoms with E-state index in [4.69, 9.17) is 0 Å². The number of β-amino-alcohol motifs (C(OH)–C–C–N with tert-alkyl or cyclic N) is 1. The molecular weight excluding hydrogens is 352 g/mol. The zero-order chi connectivity index (χ0) is 19.5. The molecule has 1 aliphatic rings. The van der Waals surface area contributed by atoms with Gasteiger partial charge >= 0.3 is 0 Å². The number of aryl methyl sites for hydroxylation is 1. The Bertz CT molecular complexity index is 958. The Kier molecular flexibility index (Phi) is 5.41. The minimum Gasteiger partial charge on any atom is -0.387 e. The lowest BCUT2D eigenvalue weighted by Crippen LogP contribution is -2.33.